The molecular formula is C7H13N5S. The Bertz CT molecular complexity index is 255. The fourth-order valence-electron chi connectivity index (χ4n) is 0.903. The Labute approximate surface area is 81.2 Å². The molecule has 0 spiro atoms. The largest absolute Gasteiger partial charge is 0.308 e. The first kappa shape index (κ1) is 10.1. The quantitative estimate of drug-likeness (QED) is 0.325. The van der Waals surface area contributed by atoms with Crippen LogP contribution in [-0.2, 0) is 0 Å². The normalized spacial score (nSPS) is 9.77. The van der Waals surface area contributed by atoms with Crippen LogP contribution in [0.15, 0.2) is 17.0 Å². The number of thioether (sulfide) groups is 1. The minimum atomic E-state index is 0.603. The van der Waals surface area contributed by atoms with Gasteiger partial charge in [-0.1, -0.05) is 6.92 Å². The van der Waals surface area contributed by atoms with Crippen molar-refractivity contribution >= 4 is 23.4 Å². The molecule has 1 aromatic rings. The summed E-state index contributed by atoms with van der Waals surface area (Å²) in [7, 11) is 0. The van der Waals surface area contributed by atoms with Gasteiger partial charge in [0.15, 0.2) is 0 Å². The lowest BCUT2D eigenvalue weighted by atomic mass is 10.4. The molecule has 0 aliphatic carbocycles. The summed E-state index contributed by atoms with van der Waals surface area (Å²) in [6.45, 7) is 2.08. The smallest absolute Gasteiger partial charge is 0.143 e. The molecule has 0 saturated carbocycles. The highest BCUT2D eigenvalue weighted by atomic mass is 32.2. The molecule has 0 fully saturated rings. The molecule has 1 aromatic heterocycles. The lowest BCUT2D eigenvalue weighted by Crippen LogP contribution is -2.13. The number of nitrogen functional groups attached to an aromatic ring is 2. The number of anilines is 2. The van der Waals surface area contributed by atoms with E-state index in [1.54, 1.807) is 11.8 Å². The zero-order chi connectivity index (χ0) is 9.68. The van der Waals surface area contributed by atoms with Crippen molar-refractivity contribution < 1.29 is 0 Å². The monoisotopic (exact) mass is 199 g/mol. The van der Waals surface area contributed by atoms with Crippen LogP contribution in [0.4, 0.5) is 11.6 Å². The first-order valence-corrected chi connectivity index (χ1v) is 4.86. The van der Waals surface area contributed by atoms with Crippen molar-refractivity contribution in [2.24, 2.45) is 11.7 Å². The van der Waals surface area contributed by atoms with E-state index in [-0.39, 0.29) is 0 Å². The Balaban J connectivity index is 2.93. The SMILES string of the molecule is CCSc1cc(NN)nc(NN)c1. The van der Waals surface area contributed by atoms with Crippen LogP contribution in [-0.4, -0.2) is 10.7 Å². The second-order valence-corrected chi connectivity index (χ2v) is 3.63. The van der Waals surface area contributed by atoms with Crippen LogP contribution < -0.4 is 22.5 Å². The summed E-state index contributed by atoms with van der Waals surface area (Å²) in [5, 5.41) is 0. The summed E-state index contributed by atoms with van der Waals surface area (Å²) in [6.07, 6.45) is 0. The molecule has 0 radical (unpaired) electrons. The maximum absolute atomic E-state index is 5.25. The number of pyridine rings is 1. The van der Waals surface area contributed by atoms with Crippen LogP contribution in [0.1, 0.15) is 6.92 Å². The average molecular weight is 199 g/mol. The van der Waals surface area contributed by atoms with E-state index in [9.17, 15) is 0 Å². The van der Waals surface area contributed by atoms with Gasteiger partial charge in [-0.15, -0.1) is 11.8 Å². The van der Waals surface area contributed by atoms with Crippen molar-refractivity contribution in [1.29, 1.82) is 0 Å². The molecule has 0 saturated heterocycles. The van der Waals surface area contributed by atoms with Gasteiger partial charge in [-0.2, -0.15) is 0 Å². The van der Waals surface area contributed by atoms with E-state index in [0.29, 0.717) is 11.6 Å². The number of hydrogen-bond acceptors (Lipinski definition) is 6. The minimum absolute atomic E-state index is 0.603. The Kier molecular flexibility index (Phi) is 3.81. The van der Waals surface area contributed by atoms with Gasteiger partial charge in [-0.05, 0) is 17.9 Å². The molecule has 1 heterocycles. The first-order valence-electron chi connectivity index (χ1n) is 3.88. The topological polar surface area (TPSA) is 89.0 Å². The van der Waals surface area contributed by atoms with Gasteiger partial charge < -0.3 is 10.9 Å². The second-order valence-electron chi connectivity index (χ2n) is 2.30. The van der Waals surface area contributed by atoms with Crippen molar-refractivity contribution in [3.63, 3.8) is 0 Å². The molecule has 6 N–H and O–H groups in total. The summed E-state index contributed by atoms with van der Waals surface area (Å²) in [6, 6.07) is 3.74. The third-order valence-electron chi connectivity index (χ3n) is 1.41. The van der Waals surface area contributed by atoms with Crippen molar-refractivity contribution in [2.75, 3.05) is 16.6 Å². The molecule has 6 heteroatoms. The summed E-state index contributed by atoms with van der Waals surface area (Å²) in [5.74, 6) is 12.7. The third kappa shape index (κ3) is 2.76. The van der Waals surface area contributed by atoms with Gasteiger partial charge in [0.1, 0.15) is 11.6 Å². The zero-order valence-electron chi connectivity index (χ0n) is 7.37. The minimum Gasteiger partial charge on any atom is -0.308 e. The highest BCUT2D eigenvalue weighted by Gasteiger charge is 2.00. The van der Waals surface area contributed by atoms with Gasteiger partial charge in [0.2, 0.25) is 0 Å². The van der Waals surface area contributed by atoms with E-state index in [1.807, 2.05) is 12.1 Å². The molecule has 0 aliphatic heterocycles. The number of hydrogen-bond donors (Lipinski definition) is 4. The molecular weight excluding hydrogens is 186 g/mol. The predicted molar refractivity (Wildman–Crippen MR) is 56.3 cm³/mol. The van der Waals surface area contributed by atoms with E-state index >= 15 is 0 Å². The Morgan fingerprint density at radius 1 is 1.31 bits per heavy atom. The van der Waals surface area contributed by atoms with Crippen molar-refractivity contribution in [1.82, 2.24) is 4.98 Å². The molecule has 0 aromatic carbocycles. The van der Waals surface area contributed by atoms with E-state index in [4.69, 9.17) is 11.7 Å². The highest BCUT2D eigenvalue weighted by molar-refractivity contribution is 7.99. The zero-order valence-corrected chi connectivity index (χ0v) is 8.19. The van der Waals surface area contributed by atoms with E-state index in [2.05, 4.69) is 22.8 Å². The Morgan fingerprint density at radius 2 is 1.85 bits per heavy atom. The molecule has 72 valence electrons. The Morgan fingerprint density at radius 3 is 2.23 bits per heavy atom. The Hall–Kier alpha value is -0.980. The van der Waals surface area contributed by atoms with E-state index in [1.165, 1.54) is 0 Å². The fraction of sp³-hybridized carbons (Fsp3) is 0.286. The maximum Gasteiger partial charge on any atom is 0.143 e. The van der Waals surface area contributed by atoms with Gasteiger partial charge in [0.05, 0.1) is 0 Å². The van der Waals surface area contributed by atoms with Crippen molar-refractivity contribution in [3.8, 4) is 0 Å². The molecule has 0 amide bonds. The highest BCUT2D eigenvalue weighted by Crippen LogP contribution is 2.22. The average Bonchev–Trinajstić information content (AvgIpc) is 2.17. The van der Waals surface area contributed by atoms with Gasteiger partial charge in [0, 0.05) is 4.90 Å². The van der Waals surface area contributed by atoms with Crippen LogP contribution in [0.25, 0.3) is 0 Å². The number of nitrogens with zero attached hydrogens (tertiary/aromatic N) is 1. The molecule has 0 bridgehead atoms. The number of nitrogens with two attached hydrogens (primary N) is 2. The van der Waals surface area contributed by atoms with Crippen LogP contribution in [0.3, 0.4) is 0 Å². The molecule has 1 rings (SSSR count). The number of rotatable bonds is 4. The maximum atomic E-state index is 5.25. The van der Waals surface area contributed by atoms with E-state index < -0.39 is 0 Å². The summed E-state index contributed by atoms with van der Waals surface area (Å²) < 4.78 is 0. The van der Waals surface area contributed by atoms with Gasteiger partial charge >= 0.3 is 0 Å². The summed E-state index contributed by atoms with van der Waals surface area (Å²) in [5.41, 5.74) is 4.96. The van der Waals surface area contributed by atoms with Crippen LogP contribution >= 0.6 is 11.8 Å². The van der Waals surface area contributed by atoms with Crippen molar-refractivity contribution in [2.45, 2.75) is 11.8 Å². The van der Waals surface area contributed by atoms with Crippen LogP contribution in [0, 0.1) is 0 Å². The summed E-state index contributed by atoms with van der Waals surface area (Å²) in [4.78, 5) is 5.15. The standard InChI is InChI=1S/C7H13N5S/c1-2-13-5-3-6(11-8)10-7(4-5)12-9/h3-4H,2,8-9H2,1H3,(H2,10,11,12). The molecule has 0 aliphatic rings. The van der Waals surface area contributed by atoms with Gasteiger partial charge in [-0.25, -0.2) is 16.7 Å². The lowest BCUT2D eigenvalue weighted by molar-refractivity contribution is 1.16. The molecule has 13 heavy (non-hydrogen) atoms. The molecule has 5 nitrogen and oxygen atoms in total. The van der Waals surface area contributed by atoms with Gasteiger partial charge in [0.25, 0.3) is 0 Å². The summed E-state index contributed by atoms with van der Waals surface area (Å²) >= 11 is 1.70. The fourth-order valence-corrected chi connectivity index (χ4v) is 1.63. The molecule has 0 atom stereocenters. The number of aromatic nitrogens is 1. The first-order chi connectivity index (χ1) is 6.30. The second kappa shape index (κ2) is 4.90. The number of nitrogens with one attached hydrogen (secondary N) is 2. The van der Waals surface area contributed by atoms with Crippen LogP contribution in [0.5, 0.6) is 0 Å². The lowest BCUT2D eigenvalue weighted by Gasteiger charge is -2.06. The van der Waals surface area contributed by atoms with Crippen molar-refractivity contribution in [3.05, 3.63) is 12.1 Å². The number of hydrazine groups is 2. The van der Waals surface area contributed by atoms with Crippen LogP contribution in [0.2, 0.25) is 0 Å². The predicted octanol–water partition coefficient (Wildman–Crippen LogP) is 0.765. The third-order valence-corrected chi connectivity index (χ3v) is 2.26. The van der Waals surface area contributed by atoms with Gasteiger partial charge in [-0.3, -0.25) is 0 Å². The molecule has 0 unspecified atom stereocenters. The van der Waals surface area contributed by atoms with E-state index in [0.717, 1.165) is 10.6 Å².